The highest BCUT2D eigenvalue weighted by Gasteiger charge is 2.27. The van der Waals surface area contributed by atoms with Crippen molar-refractivity contribution in [2.24, 2.45) is 0 Å². The summed E-state index contributed by atoms with van der Waals surface area (Å²) in [4.78, 5) is 25.9. The first-order chi connectivity index (χ1) is 12.5. The molecule has 0 saturated carbocycles. The van der Waals surface area contributed by atoms with E-state index in [-0.39, 0.29) is 5.69 Å². The van der Waals surface area contributed by atoms with Crippen molar-refractivity contribution in [3.05, 3.63) is 29.3 Å². The first-order valence-electron chi connectivity index (χ1n) is 8.95. The normalized spacial score (nSPS) is 14.3. The number of carboxylic acid groups (broad SMARTS) is 1. The molecular weight excluding hydrogens is 358 g/mol. The summed E-state index contributed by atoms with van der Waals surface area (Å²) in [5, 5.41) is 8.80. The third-order valence-corrected chi connectivity index (χ3v) is 3.54. The number of carbonyl (C=O) groups excluding carboxylic acids is 1. The highest BCUT2D eigenvalue weighted by Crippen LogP contribution is 2.25. The Morgan fingerprint density at radius 3 is 2.04 bits per heavy atom. The summed E-state index contributed by atoms with van der Waals surface area (Å²) < 4.78 is 33.1. The summed E-state index contributed by atoms with van der Waals surface area (Å²) in [5.41, 5.74) is -1.32. The lowest BCUT2D eigenvalue weighted by Crippen LogP contribution is -2.50. The number of hydrogen-bond acceptors (Lipinski definition) is 4. The first kappa shape index (κ1) is 22.7. The van der Waals surface area contributed by atoms with Gasteiger partial charge in [0.2, 0.25) is 0 Å². The Morgan fingerprint density at radius 1 is 1.07 bits per heavy atom. The number of carboxylic acids is 1. The van der Waals surface area contributed by atoms with Crippen LogP contribution in [0.4, 0.5) is 19.3 Å². The molecule has 1 heterocycles. The molecule has 0 unspecified atom stereocenters. The van der Waals surface area contributed by atoms with Gasteiger partial charge in [-0.05, 0) is 26.8 Å². The Bertz CT molecular complexity index is 666. The van der Waals surface area contributed by atoms with Crippen LogP contribution in [0.25, 0.3) is 0 Å². The van der Waals surface area contributed by atoms with Crippen molar-refractivity contribution in [3.8, 4) is 0 Å². The molecule has 0 spiro atoms. The summed E-state index contributed by atoms with van der Waals surface area (Å²) in [6, 6.07) is 1.55. The van der Waals surface area contributed by atoms with Gasteiger partial charge in [0, 0.05) is 32.2 Å². The minimum Gasteiger partial charge on any atom is -0.478 e. The number of nitrogens with zero attached hydrogens (tertiary/aromatic N) is 2. The topological polar surface area (TPSA) is 70.1 Å². The Kier molecular flexibility index (Phi) is 7.99. The Labute approximate surface area is 158 Å². The van der Waals surface area contributed by atoms with Gasteiger partial charge in [0.15, 0.2) is 0 Å². The van der Waals surface area contributed by atoms with Crippen LogP contribution < -0.4 is 4.90 Å². The van der Waals surface area contributed by atoms with Crippen molar-refractivity contribution < 1.29 is 28.2 Å². The number of piperazine rings is 1. The Morgan fingerprint density at radius 2 is 1.59 bits per heavy atom. The fourth-order valence-electron chi connectivity index (χ4n) is 2.40. The van der Waals surface area contributed by atoms with Crippen molar-refractivity contribution in [1.82, 2.24) is 4.90 Å². The zero-order chi connectivity index (χ0) is 20.8. The van der Waals surface area contributed by atoms with Crippen molar-refractivity contribution in [1.29, 1.82) is 0 Å². The molecule has 1 aromatic carbocycles. The number of ether oxygens (including phenoxy) is 1. The minimum absolute atomic E-state index is 0.0126. The van der Waals surface area contributed by atoms with E-state index in [9.17, 15) is 18.4 Å². The third-order valence-electron chi connectivity index (χ3n) is 3.54. The van der Waals surface area contributed by atoms with E-state index in [4.69, 9.17) is 9.84 Å². The monoisotopic (exact) mass is 386 g/mol. The second-order valence-electron chi connectivity index (χ2n) is 7.25. The quantitative estimate of drug-likeness (QED) is 0.827. The average molecular weight is 386 g/mol. The van der Waals surface area contributed by atoms with Gasteiger partial charge in [0.05, 0.1) is 11.3 Å². The van der Waals surface area contributed by atoms with Crippen LogP contribution in [-0.4, -0.2) is 53.8 Å². The molecule has 1 N–H and O–H groups in total. The molecule has 1 aromatic rings. The molecule has 0 aromatic heterocycles. The third kappa shape index (κ3) is 6.69. The molecule has 1 saturated heterocycles. The fourth-order valence-corrected chi connectivity index (χ4v) is 2.40. The molecule has 6 nitrogen and oxygen atoms in total. The summed E-state index contributed by atoms with van der Waals surface area (Å²) >= 11 is 0. The lowest BCUT2D eigenvalue weighted by molar-refractivity contribution is 0.0240. The van der Waals surface area contributed by atoms with Gasteiger partial charge in [0.1, 0.15) is 17.2 Å². The molecule has 1 amide bonds. The van der Waals surface area contributed by atoms with Crippen LogP contribution in [0, 0.1) is 11.6 Å². The van der Waals surface area contributed by atoms with Crippen molar-refractivity contribution >= 4 is 17.7 Å². The molecule has 0 bridgehead atoms. The number of carbonyl (C=O) groups is 2. The maximum Gasteiger partial charge on any atom is 0.410 e. The molecule has 27 heavy (non-hydrogen) atoms. The summed E-state index contributed by atoms with van der Waals surface area (Å²) in [7, 11) is 0. The maximum atomic E-state index is 14.1. The van der Waals surface area contributed by atoms with Crippen LogP contribution in [0.5, 0.6) is 0 Å². The first-order valence-corrected chi connectivity index (χ1v) is 8.95. The number of amides is 1. The number of benzene rings is 1. The lowest BCUT2D eigenvalue weighted by Gasteiger charge is -2.36. The molecule has 152 valence electrons. The number of aromatic carboxylic acids is 1. The van der Waals surface area contributed by atoms with Crippen LogP contribution in [0.3, 0.4) is 0 Å². The van der Waals surface area contributed by atoms with Gasteiger partial charge in [-0.15, -0.1) is 0 Å². The lowest BCUT2D eigenvalue weighted by atomic mass is 10.1. The van der Waals surface area contributed by atoms with E-state index in [1.165, 1.54) is 11.3 Å². The minimum atomic E-state index is -1.52. The van der Waals surface area contributed by atoms with E-state index in [1.54, 1.807) is 25.7 Å². The number of anilines is 1. The maximum absolute atomic E-state index is 14.1. The molecule has 8 heteroatoms. The molecule has 1 fully saturated rings. The Balaban J connectivity index is 0.00000114. The van der Waals surface area contributed by atoms with Gasteiger partial charge in [-0.25, -0.2) is 18.4 Å². The zero-order valence-corrected chi connectivity index (χ0v) is 16.5. The fraction of sp³-hybridized carbons (Fsp3) is 0.579. The molecule has 1 aliphatic heterocycles. The van der Waals surface area contributed by atoms with Crippen molar-refractivity contribution in [2.45, 2.75) is 46.6 Å². The average Bonchev–Trinajstić information content (AvgIpc) is 2.55. The smallest absolute Gasteiger partial charge is 0.410 e. The predicted octanol–water partition coefficient (Wildman–Crippen LogP) is 4.14. The second kappa shape index (κ2) is 9.53. The molecule has 2 rings (SSSR count). The SMILES string of the molecule is CC(C)(C)OC(=O)N1CCN(c2cc(F)c(C(=O)O)cc2F)CC1.CCC. The van der Waals surface area contributed by atoms with E-state index < -0.39 is 34.9 Å². The molecular formula is C19H28F2N2O4. The molecule has 0 aliphatic carbocycles. The predicted molar refractivity (Wildman–Crippen MR) is 99.3 cm³/mol. The van der Waals surface area contributed by atoms with Gasteiger partial charge in [-0.1, -0.05) is 20.3 Å². The van der Waals surface area contributed by atoms with Gasteiger partial charge in [-0.2, -0.15) is 0 Å². The largest absolute Gasteiger partial charge is 0.478 e. The van der Waals surface area contributed by atoms with Crippen LogP contribution in [0.1, 0.15) is 51.4 Å². The standard InChI is InChI=1S/C16H20F2N2O4.C3H8/c1-16(2,3)24-15(23)20-6-4-19(5-7-20)13-9-11(17)10(14(21)22)8-12(13)18;1-3-2/h8-9H,4-7H2,1-3H3,(H,21,22);3H2,1-2H3. The van der Waals surface area contributed by atoms with Gasteiger partial charge in [0.25, 0.3) is 0 Å². The highest BCUT2D eigenvalue weighted by atomic mass is 19.1. The van der Waals surface area contributed by atoms with E-state index >= 15 is 0 Å². The Hall–Kier alpha value is -2.38. The van der Waals surface area contributed by atoms with E-state index in [0.717, 1.165) is 6.07 Å². The molecule has 0 atom stereocenters. The van der Waals surface area contributed by atoms with Crippen LogP contribution in [0.2, 0.25) is 0 Å². The highest BCUT2D eigenvalue weighted by molar-refractivity contribution is 5.88. The van der Waals surface area contributed by atoms with Gasteiger partial charge >= 0.3 is 12.1 Å². The molecule has 0 radical (unpaired) electrons. The summed E-state index contributed by atoms with van der Waals surface area (Å²) in [5.74, 6) is -3.32. The summed E-state index contributed by atoms with van der Waals surface area (Å²) in [6.45, 7) is 10.7. The number of hydrogen-bond donors (Lipinski definition) is 1. The van der Waals surface area contributed by atoms with Crippen LogP contribution in [-0.2, 0) is 4.74 Å². The van der Waals surface area contributed by atoms with E-state index in [1.807, 2.05) is 0 Å². The zero-order valence-electron chi connectivity index (χ0n) is 16.5. The van der Waals surface area contributed by atoms with E-state index in [2.05, 4.69) is 13.8 Å². The summed E-state index contributed by atoms with van der Waals surface area (Å²) in [6.07, 6.45) is 0.801. The van der Waals surface area contributed by atoms with Crippen LogP contribution in [0.15, 0.2) is 12.1 Å². The number of halogens is 2. The van der Waals surface area contributed by atoms with Gasteiger partial charge in [-0.3, -0.25) is 0 Å². The van der Waals surface area contributed by atoms with E-state index in [0.29, 0.717) is 32.2 Å². The van der Waals surface area contributed by atoms with Crippen molar-refractivity contribution in [3.63, 3.8) is 0 Å². The molecule has 1 aliphatic rings. The van der Waals surface area contributed by atoms with Gasteiger partial charge < -0.3 is 19.6 Å². The van der Waals surface area contributed by atoms with Crippen LogP contribution >= 0.6 is 0 Å². The number of rotatable bonds is 2. The van der Waals surface area contributed by atoms with Crippen molar-refractivity contribution in [2.75, 3.05) is 31.1 Å². The second-order valence-corrected chi connectivity index (χ2v) is 7.25.